The Hall–Kier alpha value is -3.63. The number of ketones is 2. The maximum Gasteiger partial charge on any atom is 0.252 e. The van der Waals surface area contributed by atoms with Gasteiger partial charge in [0.2, 0.25) is 5.78 Å². The standard InChI is InChI=1S/C37H46N2O12/c1-17(2)8-7-11-38-36(44)37(45)15-20-26(32(43)28-27(30(20)41)29(40)19-9-6-10-22(46-4)25(19)31(28)42)23(16-37)50-24-14-21-33(18(3)49-24)51-34-35(47-5)48-13-12-39(21)34/h6,9-10,17-18,21,23-24,33-35,41,43,45H,7-8,11-16H2,1-5H3,(H,38,44)/t18-,21-,23-,24-,33+,34+,35-,37-/m0/s1. The SMILES string of the molecule is COc1cccc2c1C(=O)c1c(O)c3c(c(O)c1C2=O)C[C@@](O)(C(=O)NCCCC(C)C)C[C@@H]3O[C@H]1C[C@H]2[C@H](O[C@@H]3[C@@H](OC)OCCN32)[C@H](C)O1. The minimum atomic E-state index is -2.10. The fourth-order valence-electron chi connectivity index (χ4n) is 8.38. The molecule has 7 rings (SSSR count). The number of carbonyl (C=O) groups is 3. The molecule has 3 aliphatic heterocycles. The lowest BCUT2D eigenvalue weighted by Crippen LogP contribution is -2.55. The van der Waals surface area contributed by atoms with Crippen molar-refractivity contribution in [1.82, 2.24) is 10.2 Å². The number of rotatable bonds is 9. The van der Waals surface area contributed by atoms with E-state index in [1.165, 1.54) is 19.2 Å². The topological polar surface area (TPSA) is 183 Å². The Morgan fingerprint density at radius 3 is 2.59 bits per heavy atom. The molecule has 0 saturated carbocycles. The molecular weight excluding hydrogens is 664 g/mol. The summed E-state index contributed by atoms with van der Waals surface area (Å²) in [6.45, 7) is 7.37. The minimum absolute atomic E-state index is 0.00155. The summed E-state index contributed by atoms with van der Waals surface area (Å²) in [6, 6.07) is 4.38. The van der Waals surface area contributed by atoms with E-state index in [9.17, 15) is 29.7 Å². The highest BCUT2D eigenvalue weighted by Gasteiger charge is 2.55. The largest absolute Gasteiger partial charge is 0.507 e. The molecule has 3 heterocycles. The summed E-state index contributed by atoms with van der Waals surface area (Å²) in [5, 5.41) is 38.6. The summed E-state index contributed by atoms with van der Waals surface area (Å²) >= 11 is 0. The normalized spacial score (nSPS) is 31.4. The number of phenolic OH excluding ortho intramolecular Hbond substituents is 2. The predicted molar refractivity (Wildman–Crippen MR) is 179 cm³/mol. The first-order valence-electron chi connectivity index (χ1n) is 17.6. The Morgan fingerprint density at radius 2 is 1.86 bits per heavy atom. The Bertz CT molecular complexity index is 1730. The van der Waals surface area contributed by atoms with Crippen molar-refractivity contribution in [2.45, 2.75) is 102 Å². The van der Waals surface area contributed by atoms with Gasteiger partial charge in [-0.05, 0) is 31.7 Å². The molecule has 8 atom stereocenters. The Balaban J connectivity index is 1.27. The van der Waals surface area contributed by atoms with Crippen molar-refractivity contribution < 1.29 is 58.1 Å². The summed E-state index contributed by atoms with van der Waals surface area (Å²) in [5.74, 6) is -2.70. The van der Waals surface area contributed by atoms with Crippen LogP contribution in [0.15, 0.2) is 18.2 Å². The van der Waals surface area contributed by atoms with E-state index >= 15 is 0 Å². The number of ether oxygens (including phenoxy) is 6. The molecule has 0 aromatic heterocycles. The second-order valence-corrected chi connectivity index (χ2v) is 14.5. The number of methoxy groups -OCH3 is 2. The highest BCUT2D eigenvalue weighted by molar-refractivity contribution is 6.31. The fourth-order valence-corrected chi connectivity index (χ4v) is 8.38. The third kappa shape index (κ3) is 6.00. The average Bonchev–Trinajstić information content (AvgIpc) is 3.49. The Kier molecular flexibility index (Phi) is 9.63. The van der Waals surface area contributed by atoms with E-state index in [-0.39, 0.29) is 46.6 Å². The van der Waals surface area contributed by atoms with Crippen LogP contribution in [0.5, 0.6) is 17.2 Å². The van der Waals surface area contributed by atoms with Crippen LogP contribution in [0.4, 0.5) is 0 Å². The van der Waals surface area contributed by atoms with Crippen LogP contribution in [-0.2, 0) is 34.9 Å². The number of benzene rings is 2. The molecule has 0 spiro atoms. The van der Waals surface area contributed by atoms with E-state index in [4.69, 9.17) is 28.4 Å². The van der Waals surface area contributed by atoms with E-state index in [0.717, 1.165) is 6.42 Å². The smallest absolute Gasteiger partial charge is 0.252 e. The van der Waals surface area contributed by atoms with Gasteiger partial charge in [0.15, 0.2) is 24.6 Å². The number of morpholine rings is 1. The number of amides is 1. The van der Waals surface area contributed by atoms with Gasteiger partial charge in [-0.25, -0.2) is 0 Å². The zero-order valence-electron chi connectivity index (χ0n) is 29.5. The maximum atomic E-state index is 14.0. The molecule has 276 valence electrons. The maximum absolute atomic E-state index is 14.0. The quantitative estimate of drug-likeness (QED) is 0.188. The molecule has 0 radical (unpaired) electrons. The van der Waals surface area contributed by atoms with Gasteiger partial charge in [-0.15, -0.1) is 0 Å². The number of nitrogens with zero attached hydrogens (tertiary/aromatic N) is 1. The average molecular weight is 711 g/mol. The molecule has 1 amide bonds. The van der Waals surface area contributed by atoms with Crippen molar-refractivity contribution >= 4 is 17.5 Å². The summed E-state index contributed by atoms with van der Waals surface area (Å²) in [5.41, 5.74) is -2.99. The molecule has 51 heavy (non-hydrogen) atoms. The summed E-state index contributed by atoms with van der Waals surface area (Å²) in [6.07, 6.45) is -2.80. The van der Waals surface area contributed by atoms with Gasteiger partial charge in [-0.2, -0.15) is 0 Å². The van der Waals surface area contributed by atoms with E-state index in [2.05, 4.69) is 24.1 Å². The van der Waals surface area contributed by atoms with Crippen LogP contribution >= 0.6 is 0 Å². The molecule has 4 N–H and O–H groups in total. The van der Waals surface area contributed by atoms with Gasteiger partial charge in [-0.3, -0.25) is 19.3 Å². The number of aliphatic hydroxyl groups is 1. The van der Waals surface area contributed by atoms with Crippen molar-refractivity contribution in [3.05, 3.63) is 51.6 Å². The van der Waals surface area contributed by atoms with Crippen LogP contribution in [0.1, 0.15) is 95.5 Å². The number of hydrogen-bond acceptors (Lipinski definition) is 13. The van der Waals surface area contributed by atoms with Crippen LogP contribution in [0.3, 0.4) is 0 Å². The highest BCUT2D eigenvalue weighted by atomic mass is 16.7. The van der Waals surface area contributed by atoms with Crippen LogP contribution < -0.4 is 10.1 Å². The first-order valence-corrected chi connectivity index (χ1v) is 17.6. The number of aromatic hydroxyl groups is 2. The van der Waals surface area contributed by atoms with Gasteiger partial charge in [0.25, 0.3) is 5.91 Å². The zero-order valence-corrected chi connectivity index (χ0v) is 29.5. The number of phenols is 2. The molecule has 2 aromatic rings. The molecule has 2 aromatic carbocycles. The lowest BCUT2D eigenvalue weighted by molar-refractivity contribution is -0.256. The molecule has 3 fully saturated rings. The van der Waals surface area contributed by atoms with Gasteiger partial charge < -0.3 is 49.1 Å². The summed E-state index contributed by atoms with van der Waals surface area (Å²) in [7, 11) is 2.92. The molecule has 2 aliphatic carbocycles. The molecule has 0 bridgehead atoms. The van der Waals surface area contributed by atoms with E-state index in [1.807, 2.05) is 6.92 Å². The van der Waals surface area contributed by atoms with Crippen molar-refractivity contribution in [1.29, 1.82) is 0 Å². The zero-order chi connectivity index (χ0) is 36.4. The van der Waals surface area contributed by atoms with Crippen LogP contribution in [0, 0.1) is 5.92 Å². The van der Waals surface area contributed by atoms with Gasteiger partial charge >= 0.3 is 0 Å². The third-order valence-electron chi connectivity index (χ3n) is 10.8. The summed E-state index contributed by atoms with van der Waals surface area (Å²) < 4.78 is 35.8. The van der Waals surface area contributed by atoms with E-state index in [1.54, 1.807) is 13.2 Å². The Morgan fingerprint density at radius 1 is 1.10 bits per heavy atom. The van der Waals surface area contributed by atoms with Crippen LogP contribution in [-0.4, -0.2) is 114 Å². The second kappa shape index (κ2) is 13.7. The van der Waals surface area contributed by atoms with Gasteiger partial charge in [-0.1, -0.05) is 26.0 Å². The number of nitrogens with one attached hydrogen (secondary N) is 1. The first-order chi connectivity index (χ1) is 24.4. The monoisotopic (exact) mass is 710 g/mol. The van der Waals surface area contributed by atoms with Crippen molar-refractivity contribution in [2.75, 3.05) is 33.9 Å². The number of hydrogen-bond donors (Lipinski definition) is 4. The fraction of sp³-hybridized carbons (Fsp3) is 0.595. The molecule has 14 heteroatoms. The first kappa shape index (κ1) is 35.8. The molecule has 14 nitrogen and oxygen atoms in total. The second-order valence-electron chi connectivity index (χ2n) is 14.5. The summed E-state index contributed by atoms with van der Waals surface area (Å²) in [4.78, 5) is 43.8. The minimum Gasteiger partial charge on any atom is -0.507 e. The van der Waals surface area contributed by atoms with Crippen LogP contribution in [0.25, 0.3) is 0 Å². The third-order valence-corrected chi connectivity index (χ3v) is 10.8. The van der Waals surface area contributed by atoms with Gasteiger partial charge in [0.1, 0.15) is 29.0 Å². The molecule has 5 aliphatic rings. The number of carbonyl (C=O) groups excluding carboxylic acids is 3. The van der Waals surface area contributed by atoms with E-state index < -0.39 is 83.1 Å². The van der Waals surface area contributed by atoms with Crippen molar-refractivity contribution in [3.63, 3.8) is 0 Å². The predicted octanol–water partition coefficient (Wildman–Crippen LogP) is 2.70. The van der Waals surface area contributed by atoms with Gasteiger partial charge in [0.05, 0.1) is 42.6 Å². The highest BCUT2D eigenvalue weighted by Crippen LogP contribution is 2.53. The molecule has 0 unspecified atom stereocenters. The lowest BCUT2D eigenvalue weighted by Gasteiger charge is -2.43. The van der Waals surface area contributed by atoms with Crippen molar-refractivity contribution in [2.24, 2.45) is 5.92 Å². The molecule has 3 saturated heterocycles. The number of fused-ring (bicyclic) bond motifs is 6. The van der Waals surface area contributed by atoms with Crippen LogP contribution in [0.2, 0.25) is 0 Å². The van der Waals surface area contributed by atoms with Crippen molar-refractivity contribution in [3.8, 4) is 17.2 Å². The van der Waals surface area contributed by atoms with Gasteiger partial charge in [0, 0.05) is 62.2 Å². The molecular formula is C37H46N2O12. The van der Waals surface area contributed by atoms with E-state index in [0.29, 0.717) is 38.5 Å². The Labute approximate surface area is 295 Å². The lowest BCUT2D eigenvalue weighted by atomic mass is 9.72.